The molecular formula is C18H20N2O5. The number of benzene rings is 1. The molecule has 7 nitrogen and oxygen atoms in total. The van der Waals surface area contributed by atoms with Gasteiger partial charge in [0, 0.05) is 6.54 Å². The zero-order valence-electron chi connectivity index (χ0n) is 14.0. The lowest BCUT2D eigenvalue weighted by Gasteiger charge is -2.29. The molecular weight excluding hydrogens is 324 g/mol. The van der Waals surface area contributed by atoms with Gasteiger partial charge in [-0.05, 0) is 31.5 Å². The Morgan fingerprint density at radius 3 is 2.36 bits per heavy atom. The van der Waals surface area contributed by atoms with Crippen LogP contribution >= 0.6 is 0 Å². The van der Waals surface area contributed by atoms with E-state index in [0.717, 1.165) is 5.56 Å². The number of hydrogen-bond acceptors (Lipinski definition) is 4. The van der Waals surface area contributed by atoms with Crippen LogP contribution in [0.1, 0.15) is 30.0 Å². The lowest BCUT2D eigenvalue weighted by Crippen LogP contribution is -2.51. The van der Waals surface area contributed by atoms with Gasteiger partial charge in [0.15, 0.2) is 5.76 Å². The highest BCUT2D eigenvalue weighted by molar-refractivity contribution is 5.96. The summed E-state index contributed by atoms with van der Waals surface area (Å²) in [6.07, 6.45) is 1.36. The van der Waals surface area contributed by atoms with Crippen LogP contribution in [0.5, 0.6) is 0 Å². The molecule has 0 spiro atoms. The summed E-state index contributed by atoms with van der Waals surface area (Å²) in [7, 11) is 0. The average molecular weight is 344 g/mol. The largest absolute Gasteiger partial charge is 0.480 e. The van der Waals surface area contributed by atoms with E-state index in [1.165, 1.54) is 31.1 Å². The number of carboxylic acid groups (broad SMARTS) is 1. The van der Waals surface area contributed by atoms with E-state index in [0.29, 0.717) is 0 Å². The van der Waals surface area contributed by atoms with Crippen molar-refractivity contribution in [2.24, 2.45) is 0 Å². The first-order chi connectivity index (χ1) is 11.9. The summed E-state index contributed by atoms with van der Waals surface area (Å²) in [6.45, 7) is 3.08. The van der Waals surface area contributed by atoms with Gasteiger partial charge < -0.3 is 19.7 Å². The second-order valence-electron chi connectivity index (χ2n) is 5.64. The third kappa shape index (κ3) is 4.69. The standard InChI is InChI=1S/C18H20N2O5/c1-12(19-16(21)15-9-6-10-25-15)17(22)20(13(2)18(23)24)11-14-7-4-3-5-8-14/h3-10,12-13H,11H2,1-2H3,(H,19,21)(H,23,24). The van der Waals surface area contributed by atoms with Gasteiger partial charge >= 0.3 is 5.97 Å². The molecule has 2 rings (SSSR count). The fourth-order valence-corrected chi connectivity index (χ4v) is 2.31. The molecule has 0 aliphatic rings. The number of carbonyl (C=O) groups excluding carboxylic acids is 2. The maximum Gasteiger partial charge on any atom is 0.326 e. The van der Waals surface area contributed by atoms with Crippen molar-refractivity contribution >= 4 is 17.8 Å². The summed E-state index contributed by atoms with van der Waals surface area (Å²) in [5.41, 5.74) is 0.800. The van der Waals surface area contributed by atoms with Crippen LogP contribution in [-0.4, -0.2) is 39.9 Å². The second-order valence-corrected chi connectivity index (χ2v) is 5.64. The minimum absolute atomic E-state index is 0.0838. The molecule has 1 aromatic carbocycles. The monoisotopic (exact) mass is 344 g/mol. The maximum absolute atomic E-state index is 12.7. The zero-order valence-corrected chi connectivity index (χ0v) is 14.0. The van der Waals surface area contributed by atoms with Crippen molar-refractivity contribution in [1.82, 2.24) is 10.2 Å². The highest BCUT2D eigenvalue weighted by atomic mass is 16.4. The first-order valence-corrected chi connectivity index (χ1v) is 7.81. The van der Waals surface area contributed by atoms with Gasteiger partial charge in [0.25, 0.3) is 5.91 Å². The normalized spacial score (nSPS) is 12.9. The van der Waals surface area contributed by atoms with Crippen LogP contribution in [0.15, 0.2) is 53.1 Å². The van der Waals surface area contributed by atoms with Crippen LogP contribution in [0.2, 0.25) is 0 Å². The van der Waals surface area contributed by atoms with Crippen LogP contribution in [-0.2, 0) is 16.1 Å². The van der Waals surface area contributed by atoms with E-state index in [2.05, 4.69) is 5.32 Å². The van der Waals surface area contributed by atoms with Crippen LogP contribution in [0.3, 0.4) is 0 Å². The van der Waals surface area contributed by atoms with Gasteiger partial charge in [-0.1, -0.05) is 30.3 Å². The van der Waals surface area contributed by atoms with Crippen molar-refractivity contribution in [2.75, 3.05) is 0 Å². The van der Waals surface area contributed by atoms with Crippen LogP contribution in [0.25, 0.3) is 0 Å². The summed E-state index contributed by atoms with van der Waals surface area (Å²) < 4.78 is 4.99. The third-order valence-electron chi connectivity index (χ3n) is 3.77. The zero-order chi connectivity index (χ0) is 18.4. The Morgan fingerprint density at radius 1 is 1.12 bits per heavy atom. The average Bonchev–Trinajstić information content (AvgIpc) is 3.14. The molecule has 2 aromatic rings. The van der Waals surface area contributed by atoms with E-state index in [-0.39, 0.29) is 12.3 Å². The highest BCUT2D eigenvalue weighted by Gasteiger charge is 2.30. The number of carbonyl (C=O) groups is 3. The van der Waals surface area contributed by atoms with Gasteiger partial charge in [0.05, 0.1) is 6.26 Å². The highest BCUT2D eigenvalue weighted by Crippen LogP contribution is 2.11. The Balaban J connectivity index is 2.13. The molecule has 25 heavy (non-hydrogen) atoms. The molecule has 132 valence electrons. The summed E-state index contributed by atoms with van der Waals surface area (Å²) in [4.78, 5) is 37.3. The van der Waals surface area contributed by atoms with Crippen molar-refractivity contribution in [1.29, 1.82) is 0 Å². The number of carboxylic acids is 1. The fourth-order valence-electron chi connectivity index (χ4n) is 2.31. The number of nitrogens with zero attached hydrogens (tertiary/aromatic N) is 1. The van der Waals surface area contributed by atoms with Crippen molar-refractivity contribution in [2.45, 2.75) is 32.5 Å². The lowest BCUT2D eigenvalue weighted by molar-refractivity contribution is -0.150. The molecule has 0 aliphatic carbocycles. The lowest BCUT2D eigenvalue weighted by atomic mass is 10.1. The number of furan rings is 1. The van der Waals surface area contributed by atoms with Gasteiger partial charge in [-0.2, -0.15) is 0 Å². The second kappa shape index (κ2) is 8.14. The summed E-state index contributed by atoms with van der Waals surface area (Å²) in [5.74, 6) is -2.05. The molecule has 0 fully saturated rings. The SMILES string of the molecule is CC(NC(=O)c1ccco1)C(=O)N(Cc1ccccc1)C(C)C(=O)O. The van der Waals surface area contributed by atoms with Crippen molar-refractivity contribution < 1.29 is 23.9 Å². The van der Waals surface area contributed by atoms with Gasteiger partial charge in [-0.15, -0.1) is 0 Å². The molecule has 2 unspecified atom stereocenters. The van der Waals surface area contributed by atoms with Crippen LogP contribution in [0, 0.1) is 0 Å². The van der Waals surface area contributed by atoms with E-state index in [1.807, 2.05) is 18.2 Å². The molecule has 0 bridgehead atoms. The Labute approximate surface area is 145 Å². The third-order valence-corrected chi connectivity index (χ3v) is 3.77. The molecule has 0 saturated carbocycles. The molecule has 0 aliphatic heterocycles. The van der Waals surface area contributed by atoms with E-state index >= 15 is 0 Å². The summed E-state index contributed by atoms with van der Waals surface area (Å²) >= 11 is 0. The molecule has 2 atom stereocenters. The minimum atomic E-state index is -1.12. The fraction of sp³-hybridized carbons (Fsp3) is 0.278. The molecule has 7 heteroatoms. The molecule has 2 N–H and O–H groups in total. The number of amides is 2. The van der Waals surface area contributed by atoms with Gasteiger partial charge in [0.2, 0.25) is 5.91 Å². The first-order valence-electron chi connectivity index (χ1n) is 7.81. The predicted molar refractivity (Wildman–Crippen MR) is 89.7 cm³/mol. The maximum atomic E-state index is 12.7. The Kier molecular flexibility index (Phi) is 5.94. The Morgan fingerprint density at radius 2 is 1.80 bits per heavy atom. The van der Waals surface area contributed by atoms with Gasteiger partial charge in [-0.25, -0.2) is 4.79 Å². The smallest absolute Gasteiger partial charge is 0.326 e. The summed E-state index contributed by atoms with van der Waals surface area (Å²) in [6, 6.07) is 10.2. The number of nitrogens with one attached hydrogen (secondary N) is 1. The number of aliphatic carboxylic acids is 1. The van der Waals surface area contributed by atoms with Crippen LogP contribution < -0.4 is 5.32 Å². The Hall–Kier alpha value is -3.09. The predicted octanol–water partition coefficient (Wildman–Crippen LogP) is 1.90. The molecule has 2 amide bonds. The van der Waals surface area contributed by atoms with E-state index in [4.69, 9.17) is 4.42 Å². The van der Waals surface area contributed by atoms with Crippen molar-refractivity contribution in [3.63, 3.8) is 0 Å². The van der Waals surface area contributed by atoms with Crippen LogP contribution in [0.4, 0.5) is 0 Å². The molecule has 1 aromatic heterocycles. The first kappa shape index (κ1) is 18.3. The van der Waals surface area contributed by atoms with Crippen molar-refractivity contribution in [3.05, 3.63) is 60.1 Å². The quantitative estimate of drug-likeness (QED) is 0.799. The van der Waals surface area contributed by atoms with Gasteiger partial charge in [0.1, 0.15) is 12.1 Å². The van der Waals surface area contributed by atoms with E-state index in [9.17, 15) is 19.5 Å². The van der Waals surface area contributed by atoms with E-state index in [1.54, 1.807) is 18.2 Å². The Bertz CT molecular complexity index is 727. The van der Waals surface area contributed by atoms with E-state index < -0.39 is 29.9 Å². The topological polar surface area (TPSA) is 99.9 Å². The molecule has 0 saturated heterocycles. The van der Waals surface area contributed by atoms with Crippen molar-refractivity contribution in [3.8, 4) is 0 Å². The minimum Gasteiger partial charge on any atom is -0.480 e. The number of rotatable bonds is 7. The molecule has 0 radical (unpaired) electrons. The number of hydrogen-bond donors (Lipinski definition) is 2. The molecule has 1 heterocycles. The summed E-state index contributed by atoms with van der Waals surface area (Å²) in [5, 5.41) is 11.8. The van der Waals surface area contributed by atoms with Gasteiger partial charge in [-0.3, -0.25) is 9.59 Å².